The van der Waals surface area contributed by atoms with Crippen LogP contribution in [-0.4, -0.2) is 48.7 Å². The van der Waals surface area contributed by atoms with E-state index in [1.54, 1.807) is 0 Å². The number of hydrogen-bond acceptors (Lipinski definition) is 6. The molecule has 0 radical (unpaired) electrons. The summed E-state index contributed by atoms with van der Waals surface area (Å²) in [6, 6.07) is 18.0. The highest BCUT2D eigenvalue weighted by Crippen LogP contribution is 2.43. The molecule has 364 valence electrons. The van der Waals surface area contributed by atoms with Gasteiger partial charge in [0, 0.05) is 24.9 Å². The predicted molar refractivity (Wildman–Crippen MR) is 217 cm³/mol. The predicted octanol–water partition coefficient (Wildman–Crippen LogP) is 13.1. The van der Waals surface area contributed by atoms with E-state index in [0.717, 1.165) is 24.0 Å². The molecule has 18 heteroatoms. The highest BCUT2D eigenvalue weighted by Gasteiger charge is 2.44. The van der Waals surface area contributed by atoms with Crippen molar-refractivity contribution in [3.8, 4) is 0 Å². The molecule has 0 heterocycles. The number of ether oxygens (including phenoxy) is 2. The van der Waals surface area contributed by atoms with Crippen molar-refractivity contribution in [2.45, 2.75) is 166 Å². The average molecular weight is 935 g/mol. The molecule has 4 aliphatic rings. The van der Waals surface area contributed by atoms with Crippen molar-refractivity contribution in [3.05, 3.63) is 71.8 Å². The Hall–Kier alpha value is -3.54. The Balaban J connectivity index is 0.000000237. The number of carbonyl (C=O) groups excluding carboxylic acids is 2. The van der Waals surface area contributed by atoms with Crippen LogP contribution in [0.15, 0.2) is 60.7 Å². The molecule has 8 atom stereocenters. The van der Waals surface area contributed by atoms with Gasteiger partial charge in [0.15, 0.2) is 0 Å². The maximum Gasteiger partial charge on any atom is 0.391 e. The lowest BCUT2D eigenvalue weighted by atomic mass is 9.79. The van der Waals surface area contributed by atoms with Gasteiger partial charge in [-0.25, -0.2) is 0 Å². The van der Waals surface area contributed by atoms with Crippen LogP contribution in [-0.2, 0) is 32.3 Å². The van der Waals surface area contributed by atoms with Gasteiger partial charge in [-0.2, -0.15) is 52.7 Å². The molecule has 4 fully saturated rings. The number of hydrogen-bond donors (Lipinski definition) is 2. The molecule has 4 saturated carbocycles. The molecule has 2 aromatic carbocycles. The molecule has 0 aliphatic heterocycles. The Kier molecular flexibility index (Phi) is 22.2. The van der Waals surface area contributed by atoms with Crippen molar-refractivity contribution < 1.29 is 71.7 Å². The zero-order valence-electron chi connectivity index (χ0n) is 35.9. The molecule has 0 bridgehead atoms. The molecule has 4 aliphatic carbocycles. The Morgan fingerprint density at radius 2 is 0.719 bits per heavy atom. The molecule has 0 aromatic heterocycles. The molecule has 0 saturated heterocycles. The number of esters is 2. The second kappa shape index (κ2) is 26.0. The maximum absolute atomic E-state index is 12.7. The van der Waals surface area contributed by atoms with Crippen molar-refractivity contribution >= 4 is 11.9 Å². The topological polar surface area (TPSA) is 105 Å². The van der Waals surface area contributed by atoms with Crippen LogP contribution in [0.1, 0.15) is 127 Å². The van der Waals surface area contributed by atoms with Crippen LogP contribution in [0.4, 0.5) is 52.7 Å². The van der Waals surface area contributed by atoms with Crippen molar-refractivity contribution in [2.75, 3.05) is 0 Å². The SMILES string of the molecule is NC1CCCC(C(F)(F)F)C1.N[C@@H]1CCC[C@H](C(F)(F)F)C1.O=C(CC1CCCC(C(F)(F)F)C1)OCc1ccccc1.O=C(C[C@@H]1CCC[C@H](C(F)(F)F)C1)OCc1ccccc1. The zero-order chi connectivity index (χ0) is 47.6. The van der Waals surface area contributed by atoms with Crippen LogP contribution in [0.3, 0.4) is 0 Å². The number of halogens is 12. The molecule has 0 spiro atoms. The van der Waals surface area contributed by atoms with Gasteiger partial charge in [0.25, 0.3) is 0 Å². The fraction of sp³-hybridized carbons (Fsp3) is 0.696. The van der Waals surface area contributed by atoms with Gasteiger partial charge in [-0.05, 0) is 100 Å². The molecule has 64 heavy (non-hydrogen) atoms. The second-order valence-corrected chi connectivity index (χ2v) is 17.6. The second-order valence-electron chi connectivity index (χ2n) is 17.6. The van der Waals surface area contributed by atoms with Gasteiger partial charge in [-0.1, -0.05) is 86.3 Å². The summed E-state index contributed by atoms with van der Waals surface area (Å²) >= 11 is 0. The van der Waals surface area contributed by atoms with E-state index in [1.165, 1.54) is 0 Å². The first kappa shape index (κ1) is 54.8. The summed E-state index contributed by atoms with van der Waals surface area (Å²) in [5.41, 5.74) is 12.6. The van der Waals surface area contributed by atoms with E-state index in [2.05, 4.69) is 0 Å². The zero-order valence-corrected chi connectivity index (χ0v) is 35.9. The Morgan fingerprint density at radius 1 is 0.438 bits per heavy atom. The summed E-state index contributed by atoms with van der Waals surface area (Å²) < 4.78 is 159. The summed E-state index contributed by atoms with van der Waals surface area (Å²) in [5.74, 6) is -6.07. The van der Waals surface area contributed by atoms with E-state index in [4.69, 9.17) is 20.9 Å². The fourth-order valence-electron chi connectivity index (χ4n) is 8.66. The molecule has 4 unspecified atom stereocenters. The average Bonchev–Trinajstić information content (AvgIpc) is 3.23. The standard InChI is InChI=1S/2C16H19F3O2.2C7H12F3N/c2*17-16(18,19)14-8-4-7-13(9-14)10-15(20)21-11-12-5-2-1-3-6-12;2*8-7(9,10)5-2-1-3-6(11)4-5/h2*1-3,5-6,13-14H,4,7-11H2;2*5-6H,1-4,11H2/t13-,14+;;5-,6+;/m1.0./s1. The van der Waals surface area contributed by atoms with Gasteiger partial charge in [-0.15, -0.1) is 0 Å². The lowest BCUT2D eigenvalue weighted by molar-refractivity contribution is -0.187. The monoisotopic (exact) mass is 934 g/mol. The summed E-state index contributed by atoms with van der Waals surface area (Å²) in [5, 5.41) is 0. The number of nitrogens with two attached hydrogens (primary N) is 2. The summed E-state index contributed by atoms with van der Waals surface area (Å²) in [6.45, 7) is 0.351. The molecular weight excluding hydrogens is 872 g/mol. The first-order valence-corrected chi connectivity index (χ1v) is 22.1. The van der Waals surface area contributed by atoms with Crippen LogP contribution < -0.4 is 11.5 Å². The molecule has 6 rings (SSSR count). The lowest BCUT2D eigenvalue weighted by Gasteiger charge is -2.29. The minimum absolute atomic E-state index is 0.0456. The Labute approximate surface area is 367 Å². The number of rotatable bonds is 8. The van der Waals surface area contributed by atoms with Gasteiger partial charge in [0.1, 0.15) is 13.2 Å². The molecule has 6 nitrogen and oxygen atoms in total. The quantitative estimate of drug-likeness (QED) is 0.202. The molecule has 0 amide bonds. The van der Waals surface area contributed by atoms with E-state index in [0.29, 0.717) is 38.5 Å². The van der Waals surface area contributed by atoms with E-state index >= 15 is 0 Å². The van der Waals surface area contributed by atoms with Crippen LogP contribution in [0.5, 0.6) is 0 Å². The lowest BCUT2D eigenvalue weighted by Crippen LogP contribution is -2.35. The third-order valence-corrected chi connectivity index (χ3v) is 12.2. The third-order valence-electron chi connectivity index (χ3n) is 12.2. The fourth-order valence-corrected chi connectivity index (χ4v) is 8.66. The Bertz CT molecular complexity index is 1500. The first-order chi connectivity index (χ1) is 29.9. The Morgan fingerprint density at radius 3 is 0.984 bits per heavy atom. The molecular formula is C46H62F12N2O4. The van der Waals surface area contributed by atoms with Crippen LogP contribution in [0.2, 0.25) is 0 Å². The van der Waals surface area contributed by atoms with Crippen LogP contribution in [0, 0.1) is 35.5 Å². The smallest absolute Gasteiger partial charge is 0.391 e. The minimum Gasteiger partial charge on any atom is -0.461 e. The maximum atomic E-state index is 12.7. The van der Waals surface area contributed by atoms with Gasteiger partial charge in [0.2, 0.25) is 0 Å². The van der Waals surface area contributed by atoms with Gasteiger partial charge in [0.05, 0.1) is 23.7 Å². The van der Waals surface area contributed by atoms with E-state index in [1.807, 2.05) is 60.7 Å². The van der Waals surface area contributed by atoms with Crippen LogP contribution >= 0.6 is 0 Å². The van der Waals surface area contributed by atoms with Gasteiger partial charge in [-0.3, -0.25) is 9.59 Å². The largest absolute Gasteiger partial charge is 0.461 e. The van der Waals surface area contributed by atoms with Crippen molar-refractivity contribution in [3.63, 3.8) is 0 Å². The number of alkyl halides is 12. The number of benzene rings is 2. The summed E-state index contributed by atoms with van der Waals surface area (Å²) in [6.07, 6.45) is -9.86. The highest BCUT2D eigenvalue weighted by atomic mass is 19.4. The van der Waals surface area contributed by atoms with E-state index < -0.39 is 60.3 Å². The first-order valence-electron chi connectivity index (χ1n) is 22.1. The highest BCUT2D eigenvalue weighted by molar-refractivity contribution is 5.70. The van der Waals surface area contributed by atoms with Crippen molar-refractivity contribution in [2.24, 2.45) is 47.0 Å². The number of carbonyl (C=O) groups is 2. The molecule has 4 N–H and O–H groups in total. The third kappa shape index (κ3) is 21.6. The van der Waals surface area contributed by atoms with Crippen LogP contribution in [0.25, 0.3) is 0 Å². The van der Waals surface area contributed by atoms with Crippen molar-refractivity contribution in [1.29, 1.82) is 0 Å². The van der Waals surface area contributed by atoms with Gasteiger partial charge < -0.3 is 20.9 Å². The van der Waals surface area contributed by atoms with E-state index in [-0.39, 0.29) is 101 Å². The van der Waals surface area contributed by atoms with E-state index in [9.17, 15) is 62.3 Å². The minimum atomic E-state index is -4.15. The molecule has 2 aromatic rings. The summed E-state index contributed by atoms with van der Waals surface area (Å²) in [4.78, 5) is 23.5. The summed E-state index contributed by atoms with van der Waals surface area (Å²) in [7, 11) is 0. The van der Waals surface area contributed by atoms with Gasteiger partial charge >= 0.3 is 36.6 Å². The normalized spacial score (nSPS) is 26.6. The van der Waals surface area contributed by atoms with Crippen molar-refractivity contribution in [1.82, 2.24) is 0 Å².